The van der Waals surface area contributed by atoms with E-state index in [4.69, 9.17) is 4.74 Å². The van der Waals surface area contributed by atoms with Crippen molar-refractivity contribution in [1.29, 1.82) is 0 Å². The number of rotatable bonds is 6. The lowest BCUT2D eigenvalue weighted by Crippen LogP contribution is -2.29. The van der Waals surface area contributed by atoms with Gasteiger partial charge in [-0.2, -0.15) is 5.10 Å². The van der Waals surface area contributed by atoms with E-state index >= 15 is 0 Å². The molecule has 0 aliphatic carbocycles. The molecule has 1 atom stereocenters. The molecule has 2 aromatic heterocycles. The molecule has 0 aliphatic rings. The normalized spacial score (nSPS) is 11.7. The summed E-state index contributed by atoms with van der Waals surface area (Å²) >= 11 is 0. The maximum Gasteiger partial charge on any atom is 0.270 e. The van der Waals surface area contributed by atoms with Crippen molar-refractivity contribution in [3.05, 3.63) is 102 Å². The monoisotopic (exact) mass is 398 g/mol. The molecule has 0 unspecified atom stereocenters. The van der Waals surface area contributed by atoms with E-state index in [1.807, 2.05) is 67.6 Å². The molecule has 2 heterocycles. The molecule has 4 rings (SSSR count). The van der Waals surface area contributed by atoms with E-state index in [0.717, 1.165) is 28.0 Å². The molecule has 6 heteroatoms. The molecule has 0 spiro atoms. The van der Waals surface area contributed by atoms with Crippen molar-refractivity contribution in [3.63, 3.8) is 0 Å². The molecule has 30 heavy (non-hydrogen) atoms. The fraction of sp³-hybridized carbons (Fsp3) is 0.125. The van der Waals surface area contributed by atoms with Crippen LogP contribution in [0.2, 0.25) is 0 Å². The first-order valence-corrected chi connectivity index (χ1v) is 9.61. The highest BCUT2D eigenvalue weighted by Gasteiger charge is 2.20. The van der Waals surface area contributed by atoms with Crippen molar-refractivity contribution < 1.29 is 9.53 Å². The Kier molecular flexibility index (Phi) is 5.57. The van der Waals surface area contributed by atoms with Gasteiger partial charge < -0.3 is 10.1 Å². The van der Waals surface area contributed by atoms with Gasteiger partial charge in [0.25, 0.3) is 5.91 Å². The van der Waals surface area contributed by atoms with Gasteiger partial charge in [0, 0.05) is 18.0 Å². The zero-order chi connectivity index (χ0) is 20.9. The number of aromatic amines is 1. The van der Waals surface area contributed by atoms with Crippen LogP contribution < -0.4 is 10.1 Å². The number of nitrogens with one attached hydrogen (secondary N) is 2. The lowest BCUT2D eigenvalue weighted by atomic mass is 9.99. The molecule has 0 fully saturated rings. The number of hydrogen-bond donors (Lipinski definition) is 2. The largest absolute Gasteiger partial charge is 0.497 e. The van der Waals surface area contributed by atoms with Crippen LogP contribution in [0, 0.1) is 6.92 Å². The fourth-order valence-corrected chi connectivity index (χ4v) is 3.24. The minimum atomic E-state index is -0.324. The van der Waals surface area contributed by atoms with Gasteiger partial charge in [-0.05, 0) is 42.3 Å². The van der Waals surface area contributed by atoms with E-state index < -0.39 is 0 Å². The summed E-state index contributed by atoms with van der Waals surface area (Å²) in [5.74, 6) is 0.489. The number of hydrogen-bond acceptors (Lipinski definition) is 4. The van der Waals surface area contributed by atoms with Crippen LogP contribution in [0.15, 0.2) is 79.1 Å². The molecule has 0 saturated carbocycles. The molecule has 4 aromatic rings. The second-order valence-corrected chi connectivity index (χ2v) is 7.00. The van der Waals surface area contributed by atoms with E-state index in [-0.39, 0.29) is 11.9 Å². The van der Waals surface area contributed by atoms with Crippen LogP contribution in [-0.2, 0) is 0 Å². The first-order chi connectivity index (χ1) is 14.6. The van der Waals surface area contributed by atoms with Crippen molar-refractivity contribution in [2.24, 2.45) is 0 Å². The Hall–Kier alpha value is -3.93. The SMILES string of the molecule is COc1cccc(-c2cc(C(=O)N[C@@H](c3ccc(C)cc3)c3cccnc3)[nH]n2)c1. The van der Waals surface area contributed by atoms with Crippen LogP contribution in [-0.4, -0.2) is 28.2 Å². The van der Waals surface area contributed by atoms with Gasteiger partial charge in [0.15, 0.2) is 0 Å². The van der Waals surface area contributed by atoms with Crippen LogP contribution >= 0.6 is 0 Å². The third kappa shape index (κ3) is 4.22. The van der Waals surface area contributed by atoms with Gasteiger partial charge in [-0.1, -0.05) is 48.0 Å². The third-order valence-electron chi connectivity index (χ3n) is 4.89. The van der Waals surface area contributed by atoms with Gasteiger partial charge in [0.1, 0.15) is 11.4 Å². The molecular formula is C24H22N4O2. The summed E-state index contributed by atoms with van der Waals surface area (Å²) in [6, 6.07) is 20.9. The highest BCUT2D eigenvalue weighted by Crippen LogP contribution is 2.24. The number of benzene rings is 2. The Morgan fingerprint density at radius 1 is 1.03 bits per heavy atom. The number of aromatic nitrogens is 3. The third-order valence-corrected chi connectivity index (χ3v) is 4.89. The number of nitrogens with zero attached hydrogens (tertiary/aromatic N) is 2. The predicted molar refractivity (Wildman–Crippen MR) is 115 cm³/mol. The van der Waals surface area contributed by atoms with Gasteiger partial charge in [-0.3, -0.25) is 14.9 Å². The van der Waals surface area contributed by atoms with Crippen molar-refractivity contribution in [1.82, 2.24) is 20.5 Å². The molecule has 0 saturated heterocycles. The molecule has 0 bridgehead atoms. The average Bonchev–Trinajstić information content (AvgIpc) is 3.29. The molecule has 0 radical (unpaired) electrons. The zero-order valence-corrected chi connectivity index (χ0v) is 16.8. The number of carbonyl (C=O) groups is 1. The summed E-state index contributed by atoms with van der Waals surface area (Å²) in [6.45, 7) is 2.03. The highest BCUT2D eigenvalue weighted by molar-refractivity contribution is 5.93. The lowest BCUT2D eigenvalue weighted by molar-refractivity contribution is 0.0938. The van der Waals surface area contributed by atoms with E-state index in [2.05, 4.69) is 20.5 Å². The van der Waals surface area contributed by atoms with E-state index in [0.29, 0.717) is 11.4 Å². The smallest absolute Gasteiger partial charge is 0.270 e. The second-order valence-electron chi connectivity index (χ2n) is 7.00. The van der Waals surface area contributed by atoms with Crippen molar-refractivity contribution in [2.45, 2.75) is 13.0 Å². The Labute approximate surface area is 175 Å². The summed E-state index contributed by atoms with van der Waals surface area (Å²) in [6.07, 6.45) is 3.48. The average molecular weight is 398 g/mol. The Morgan fingerprint density at radius 2 is 1.87 bits per heavy atom. The van der Waals surface area contributed by atoms with Gasteiger partial charge >= 0.3 is 0 Å². The summed E-state index contributed by atoms with van der Waals surface area (Å²) in [5, 5.41) is 10.2. The van der Waals surface area contributed by atoms with Gasteiger partial charge in [0.2, 0.25) is 0 Å². The molecule has 2 N–H and O–H groups in total. The van der Waals surface area contributed by atoms with Gasteiger partial charge in [0.05, 0.1) is 18.8 Å². The van der Waals surface area contributed by atoms with Crippen molar-refractivity contribution in [3.8, 4) is 17.0 Å². The zero-order valence-electron chi connectivity index (χ0n) is 16.8. The molecule has 0 aliphatic heterocycles. The lowest BCUT2D eigenvalue weighted by Gasteiger charge is -2.19. The molecule has 6 nitrogen and oxygen atoms in total. The summed E-state index contributed by atoms with van der Waals surface area (Å²) in [7, 11) is 1.62. The Balaban J connectivity index is 1.60. The first kappa shape index (κ1) is 19.4. The topological polar surface area (TPSA) is 79.9 Å². The summed E-state index contributed by atoms with van der Waals surface area (Å²) in [5.41, 5.74) is 4.97. The van der Waals surface area contributed by atoms with Crippen LogP contribution in [0.4, 0.5) is 0 Å². The van der Waals surface area contributed by atoms with Crippen LogP contribution in [0.1, 0.15) is 33.2 Å². The minimum absolute atomic E-state index is 0.244. The number of pyridine rings is 1. The van der Waals surface area contributed by atoms with Crippen LogP contribution in [0.3, 0.4) is 0 Å². The van der Waals surface area contributed by atoms with Crippen molar-refractivity contribution in [2.75, 3.05) is 7.11 Å². The van der Waals surface area contributed by atoms with E-state index in [9.17, 15) is 4.79 Å². The van der Waals surface area contributed by atoms with E-state index in [1.165, 1.54) is 0 Å². The number of H-pyrrole nitrogens is 1. The van der Waals surface area contributed by atoms with Gasteiger partial charge in [-0.25, -0.2) is 0 Å². The highest BCUT2D eigenvalue weighted by atomic mass is 16.5. The summed E-state index contributed by atoms with van der Waals surface area (Å²) in [4.78, 5) is 17.2. The molecule has 150 valence electrons. The van der Waals surface area contributed by atoms with E-state index in [1.54, 1.807) is 25.6 Å². The maximum absolute atomic E-state index is 13.0. The first-order valence-electron chi connectivity index (χ1n) is 9.61. The Morgan fingerprint density at radius 3 is 2.60 bits per heavy atom. The second kappa shape index (κ2) is 8.61. The number of ether oxygens (including phenoxy) is 1. The fourth-order valence-electron chi connectivity index (χ4n) is 3.24. The number of methoxy groups -OCH3 is 1. The van der Waals surface area contributed by atoms with Crippen LogP contribution in [0.25, 0.3) is 11.3 Å². The molecular weight excluding hydrogens is 376 g/mol. The Bertz CT molecular complexity index is 1140. The summed E-state index contributed by atoms with van der Waals surface area (Å²) < 4.78 is 5.27. The maximum atomic E-state index is 13.0. The predicted octanol–water partition coefficient (Wildman–Crippen LogP) is 4.31. The standard InChI is InChI=1S/C24H22N4O2/c1-16-8-10-17(11-9-16)23(19-6-4-12-25-15-19)26-24(29)22-14-21(27-28-22)18-5-3-7-20(13-18)30-2/h3-15,23H,1-2H3,(H,26,29)(H,27,28)/t23-/m0/s1. The van der Waals surface area contributed by atoms with Crippen molar-refractivity contribution >= 4 is 5.91 Å². The molecule has 2 aromatic carbocycles. The number of amides is 1. The minimum Gasteiger partial charge on any atom is -0.497 e. The van der Waals surface area contributed by atoms with Crippen LogP contribution in [0.5, 0.6) is 5.75 Å². The number of carbonyl (C=O) groups excluding carboxylic acids is 1. The molecule has 1 amide bonds. The number of aryl methyl sites for hydroxylation is 1. The quantitative estimate of drug-likeness (QED) is 0.507. The van der Waals surface area contributed by atoms with Gasteiger partial charge in [-0.15, -0.1) is 0 Å².